The fourth-order valence-electron chi connectivity index (χ4n) is 10.1. The Balaban J connectivity index is 1.30. The van der Waals surface area contributed by atoms with Gasteiger partial charge in [-0.2, -0.15) is 0 Å². The molecule has 364 valence electrons. The zero-order valence-corrected chi connectivity index (χ0v) is 46.7. The van der Waals surface area contributed by atoms with Gasteiger partial charge in [0.15, 0.2) is 0 Å². The number of rotatable bonds is 6. The quantitative estimate of drug-likeness (QED) is 0.161. The highest BCUT2D eigenvalue weighted by Gasteiger charge is 2.36. The number of nitrogens with zero attached hydrogens (tertiary/aromatic N) is 1. The number of hydrogen-bond acceptors (Lipinski definition) is 1. The fraction of sp³-hybridized carbons (Fsp3) is 0.391. The molecule has 1 nitrogen and oxygen atoms in total. The largest absolute Gasteiger partial charge is 0.310 e. The highest BCUT2D eigenvalue weighted by molar-refractivity contribution is 5.87. The van der Waals surface area contributed by atoms with Crippen LogP contribution >= 0.6 is 0 Å². The normalized spacial score (nSPS) is 14.1. The van der Waals surface area contributed by atoms with Crippen LogP contribution in [0.3, 0.4) is 0 Å². The van der Waals surface area contributed by atoms with Gasteiger partial charge >= 0.3 is 0 Å². The maximum atomic E-state index is 2.50. The van der Waals surface area contributed by atoms with Gasteiger partial charge in [-0.05, 0) is 170 Å². The van der Waals surface area contributed by atoms with E-state index in [1.54, 1.807) is 0 Å². The van der Waals surface area contributed by atoms with Crippen molar-refractivity contribution < 1.29 is 0 Å². The average Bonchev–Trinajstić information content (AvgIpc) is 3.49. The molecule has 1 aliphatic carbocycles. The highest BCUT2D eigenvalue weighted by atomic mass is 15.1. The second-order valence-electron chi connectivity index (χ2n) is 27.4. The van der Waals surface area contributed by atoms with Gasteiger partial charge in [-0.3, -0.25) is 0 Å². The summed E-state index contributed by atoms with van der Waals surface area (Å²) < 4.78 is 0. The van der Waals surface area contributed by atoms with Gasteiger partial charge in [-0.25, -0.2) is 0 Å². The van der Waals surface area contributed by atoms with Crippen LogP contribution in [0.2, 0.25) is 0 Å². The van der Waals surface area contributed by atoms with E-state index in [9.17, 15) is 0 Å². The van der Waals surface area contributed by atoms with Crippen LogP contribution in [0.4, 0.5) is 17.1 Å². The van der Waals surface area contributed by atoms with Crippen molar-refractivity contribution in [2.45, 2.75) is 176 Å². The fourth-order valence-corrected chi connectivity index (χ4v) is 10.1. The summed E-state index contributed by atoms with van der Waals surface area (Å²) in [5.41, 5.74) is 24.3. The second-order valence-corrected chi connectivity index (χ2v) is 27.4. The first-order valence-electron chi connectivity index (χ1n) is 26.0. The molecular formula is C69H83N. The molecular weight excluding hydrogens is 843 g/mol. The Labute approximate surface area is 424 Å². The van der Waals surface area contributed by atoms with Gasteiger partial charge in [0, 0.05) is 22.5 Å². The summed E-state index contributed by atoms with van der Waals surface area (Å²) in [7, 11) is 0. The summed E-state index contributed by atoms with van der Waals surface area (Å²) in [6.45, 7) is 46.8. The molecule has 0 saturated heterocycles. The molecule has 0 bridgehead atoms. The Bertz CT molecular complexity index is 3020. The third-order valence-corrected chi connectivity index (χ3v) is 15.1. The first kappa shape index (κ1) is 50.7. The molecule has 0 atom stereocenters. The van der Waals surface area contributed by atoms with E-state index in [0.717, 1.165) is 5.69 Å². The summed E-state index contributed by atoms with van der Waals surface area (Å²) in [6, 6.07) is 54.8. The van der Waals surface area contributed by atoms with Gasteiger partial charge in [-0.1, -0.05) is 229 Å². The number of fused-ring (bicyclic) bond motifs is 3. The van der Waals surface area contributed by atoms with Crippen LogP contribution in [0, 0.1) is 0 Å². The molecule has 70 heavy (non-hydrogen) atoms. The van der Waals surface area contributed by atoms with Crippen molar-refractivity contribution in [3.8, 4) is 44.5 Å². The lowest BCUT2D eigenvalue weighted by Gasteiger charge is -2.32. The smallest absolute Gasteiger partial charge is 0.0467 e. The topological polar surface area (TPSA) is 3.24 Å². The van der Waals surface area contributed by atoms with E-state index in [-0.39, 0.29) is 37.9 Å². The minimum atomic E-state index is -0.115. The summed E-state index contributed by atoms with van der Waals surface area (Å²) in [4.78, 5) is 2.50. The van der Waals surface area contributed by atoms with Gasteiger partial charge in [0.1, 0.15) is 0 Å². The highest BCUT2D eigenvalue weighted by Crippen LogP contribution is 2.51. The molecule has 0 aliphatic heterocycles. The first-order chi connectivity index (χ1) is 32.2. The van der Waals surface area contributed by atoms with E-state index in [0.29, 0.717) is 0 Å². The first-order valence-corrected chi connectivity index (χ1v) is 26.0. The van der Waals surface area contributed by atoms with Crippen LogP contribution in [0.25, 0.3) is 44.5 Å². The Morgan fingerprint density at radius 3 is 1.01 bits per heavy atom. The molecule has 7 aromatic rings. The van der Waals surface area contributed by atoms with Crippen molar-refractivity contribution in [3.05, 3.63) is 184 Å². The van der Waals surface area contributed by atoms with Gasteiger partial charge < -0.3 is 4.90 Å². The van der Waals surface area contributed by atoms with Crippen molar-refractivity contribution in [3.63, 3.8) is 0 Å². The number of anilines is 3. The summed E-state index contributed by atoms with van der Waals surface area (Å²) in [6.07, 6.45) is 0. The van der Waals surface area contributed by atoms with Crippen LogP contribution in [0.5, 0.6) is 0 Å². The van der Waals surface area contributed by atoms with Crippen molar-refractivity contribution in [2.75, 3.05) is 4.90 Å². The zero-order chi connectivity index (χ0) is 51.3. The van der Waals surface area contributed by atoms with E-state index < -0.39 is 0 Å². The Morgan fingerprint density at radius 2 is 0.600 bits per heavy atom. The van der Waals surface area contributed by atoms with Crippen LogP contribution in [0.15, 0.2) is 140 Å². The van der Waals surface area contributed by atoms with Gasteiger partial charge in [-0.15, -0.1) is 0 Å². The molecule has 1 aliphatic rings. The maximum absolute atomic E-state index is 2.50. The van der Waals surface area contributed by atoms with E-state index in [1.807, 2.05) is 0 Å². The predicted octanol–water partition coefficient (Wildman–Crippen LogP) is 20.2. The molecule has 0 heterocycles. The Hall–Kier alpha value is -5.66. The van der Waals surface area contributed by atoms with Crippen molar-refractivity contribution in [1.82, 2.24) is 0 Å². The minimum Gasteiger partial charge on any atom is -0.310 e. The van der Waals surface area contributed by atoms with E-state index >= 15 is 0 Å². The number of benzene rings is 7. The lowest BCUT2D eigenvalue weighted by molar-refractivity contribution is 0.568. The summed E-state index contributed by atoms with van der Waals surface area (Å²) >= 11 is 0. The molecule has 0 saturated carbocycles. The molecule has 0 N–H and O–H groups in total. The lowest BCUT2D eigenvalue weighted by Crippen LogP contribution is -2.19. The van der Waals surface area contributed by atoms with Gasteiger partial charge in [0.2, 0.25) is 0 Å². The minimum absolute atomic E-state index is 0.0259. The van der Waals surface area contributed by atoms with E-state index in [1.165, 1.54) is 100 Å². The molecule has 1 heteroatoms. The monoisotopic (exact) mass is 926 g/mol. The maximum Gasteiger partial charge on any atom is 0.0467 e. The second kappa shape index (κ2) is 17.3. The molecule has 7 aromatic carbocycles. The van der Waals surface area contributed by atoms with Crippen molar-refractivity contribution in [2.24, 2.45) is 0 Å². The van der Waals surface area contributed by atoms with Crippen molar-refractivity contribution in [1.29, 1.82) is 0 Å². The molecule has 0 fully saturated rings. The van der Waals surface area contributed by atoms with E-state index in [4.69, 9.17) is 0 Å². The van der Waals surface area contributed by atoms with Crippen LogP contribution in [-0.4, -0.2) is 0 Å². The summed E-state index contributed by atoms with van der Waals surface area (Å²) in [5.74, 6) is 0. The molecule has 8 rings (SSSR count). The average molecular weight is 926 g/mol. The van der Waals surface area contributed by atoms with Gasteiger partial charge in [0.05, 0.1) is 0 Å². The van der Waals surface area contributed by atoms with E-state index in [2.05, 4.69) is 283 Å². The number of hydrogen-bond donors (Lipinski definition) is 0. The van der Waals surface area contributed by atoms with Crippen LogP contribution in [-0.2, 0) is 37.9 Å². The predicted molar refractivity (Wildman–Crippen MR) is 307 cm³/mol. The lowest BCUT2D eigenvalue weighted by atomic mass is 9.77. The van der Waals surface area contributed by atoms with Gasteiger partial charge in [0.25, 0.3) is 0 Å². The summed E-state index contributed by atoms with van der Waals surface area (Å²) in [5, 5.41) is 0. The van der Waals surface area contributed by atoms with Crippen molar-refractivity contribution >= 4 is 17.1 Å². The molecule has 0 spiro atoms. The van der Waals surface area contributed by atoms with Crippen LogP contribution < -0.4 is 4.90 Å². The third-order valence-electron chi connectivity index (χ3n) is 15.1. The molecule has 0 radical (unpaired) electrons. The standard InChI is InChI=1S/C69H83N/c1-63(2,3)50-33-45(31-46(34-50)47-32-48(36-51(35-47)64(4,5)6)49-37-52(65(7,8)9)39-53(38-49)66(10,11)12)44-25-27-56(28-26-44)70(58-41-54(67(13,14)15)40-55(42-58)68(16,17)18)57-29-30-60-59-23-21-22-24-61(59)69(19,20)62(60)43-57/h21-43H,1-20H3. The molecule has 0 amide bonds. The Morgan fingerprint density at radius 1 is 0.271 bits per heavy atom. The Kier molecular flexibility index (Phi) is 12.5. The SMILES string of the molecule is CC(C)(C)c1cc(-c2ccc(N(c3cc(C(C)(C)C)cc(C(C)(C)C)c3)c3ccc4c(c3)C(C)(C)c3ccccc3-4)cc2)cc(-c2cc(-c3cc(C(C)(C)C)cc(C(C)(C)C)c3)cc(C(C)(C)C)c2)c1. The van der Waals surface area contributed by atoms with Crippen LogP contribution in [0.1, 0.15) is 183 Å². The third kappa shape index (κ3) is 10.1. The zero-order valence-electron chi connectivity index (χ0n) is 46.7. The molecule has 0 aromatic heterocycles. The molecule has 0 unspecified atom stereocenters.